The number of hydrogen-bond acceptors (Lipinski definition) is 2. The molecule has 0 fully saturated rings. The Kier molecular flexibility index (Phi) is 3.42. The van der Waals surface area contributed by atoms with Gasteiger partial charge in [0.15, 0.2) is 0 Å². The molecule has 0 atom stereocenters. The second-order valence-corrected chi connectivity index (χ2v) is 7.50. The first-order chi connectivity index (χ1) is 12.3. The monoisotopic (exact) mass is 342 g/mol. The molecule has 0 spiro atoms. The van der Waals surface area contributed by atoms with E-state index in [1.165, 1.54) is 32.3 Å². The Morgan fingerprint density at radius 2 is 1.80 bits per heavy atom. The summed E-state index contributed by atoms with van der Waals surface area (Å²) in [5.41, 5.74) is 5.13. The first kappa shape index (κ1) is 14.8. The molecule has 0 unspecified atom stereocenters. The van der Waals surface area contributed by atoms with Gasteiger partial charge in [0.05, 0.1) is 11.2 Å². The lowest BCUT2D eigenvalue weighted by atomic mass is 9.99. The van der Waals surface area contributed by atoms with Gasteiger partial charge in [-0.1, -0.05) is 54.2 Å². The summed E-state index contributed by atoms with van der Waals surface area (Å²) in [7, 11) is 2.18. The summed E-state index contributed by atoms with van der Waals surface area (Å²) in [6, 6.07) is 19.2. The average Bonchev–Trinajstić information content (AvgIpc) is 2.97. The number of pyridine rings is 1. The molecule has 1 aliphatic rings. The topological polar surface area (TPSA) is 17.8 Å². The van der Waals surface area contributed by atoms with E-state index in [2.05, 4.69) is 78.4 Å². The van der Waals surface area contributed by atoms with Crippen molar-refractivity contribution < 1.29 is 0 Å². The Bertz CT molecular complexity index is 1120. The van der Waals surface area contributed by atoms with Crippen LogP contribution in [0.5, 0.6) is 0 Å². The van der Waals surface area contributed by atoms with Gasteiger partial charge in [-0.2, -0.15) is 0 Å². The summed E-state index contributed by atoms with van der Waals surface area (Å²) in [6.07, 6.45) is 6.58. The van der Waals surface area contributed by atoms with Crippen LogP contribution >= 0.6 is 11.8 Å². The highest BCUT2D eigenvalue weighted by Gasteiger charge is 2.21. The Labute approximate surface area is 151 Å². The fraction of sp³-hybridized carbons (Fsp3) is 0.136. The normalized spacial score (nSPS) is 13.5. The van der Waals surface area contributed by atoms with Crippen LogP contribution in [0.15, 0.2) is 70.6 Å². The minimum Gasteiger partial charge on any atom is -0.343 e. The zero-order valence-corrected chi connectivity index (χ0v) is 14.9. The maximum absolute atomic E-state index is 5.06. The number of aromatic nitrogens is 2. The van der Waals surface area contributed by atoms with Crippen LogP contribution < -0.4 is 0 Å². The van der Waals surface area contributed by atoms with Gasteiger partial charge in [0.25, 0.3) is 0 Å². The van der Waals surface area contributed by atoms with Crippen molar-refractivity contribution in [3.63, 3.8) is 0 Å². The minimum atomic E-state index is 1.07. The van der Waals surface area contributed by atoms with Crippen molar-refractivity contribution in [3.05, 3.63) is 71.9 Å². The molecular formula is C22H18N2S. The quantitative estimate of drug-likeness (QED) is 0.455. The van der Waals surface area contributed by atoms with Crippen LogP contribution in [0.4, 0.5) is 0 Å². The van der Waals surface area contributed by atoms with Crippen LogP contribution in [0.25, 0.3) is 27.9 Å². The highest BCUT2D eigenvalue weighted by molar-refractivity contribution is 7.99. The van der Waals surface area contributed by atoms with Crippen LogP contribution in [-0.4, -0.2) is 9.55 Å². The molecule has 0 aliphatic heterocycles. The number of allylic oxidation sites excluding steroid dienone is 1. The standard InChI is InChI=1S/C22H18N2S/c1-24-19-14-8-6-12-17(19)20-21(24)16-11-5-7-13-18(16)23-22(20)25-15-9-3-2-4-10-15/h2-4,6-10,12-14H,5,11H2,1H3. The zero-order valence-electron chi connectivity index (χ0n) is 14.1. The Morgan fingerprint density at radius 3 is 2.68 bits per heavy atom. The molecule has 2 heterocycles. The van der Waals surface area contributed by atoms with Crippen molar-refractivity contribution in [2.75, 3.05) is 0 Å². The minimum absolute atomic E-state index is 1.07. The molecule has 1 aliphatic carbocycles. The molecule has 0 amide bonds. The summed E-state index contributed by atoms with van der Waals surface area (Å²) in [5.74, 6) is 0. The number of hydrogen-bond donors (Lipinski definition) is 0. The van der Waals surface area contributed by atoms with Gasteiger partial charge in [-0.3, -0.25) is 0 Å². The fourth-order valence-corrected chi connectivity index (χ4v) is 4.77. The predicted octanol–water partition coefficient (Wildman–Crippen LogP) is 5.84. The van der Waals surface area contributed by atoms with Gasteiger partial charge in [0, 0.05) is 33.8 Å². The largest absolute Gasteiger partial charge is 0.343 e. The summed E-state index contributed by atoms with van der Waals surface area (Å²) in [6.45, 7) is 0. The molecule has 3 heteroatoms. The third-order valence-corrected chi connectivity index (χ3v) is 5.93. The molecule has 2 nitrogen and oxygen atoms in total. The van der Waals surface area contributed by atoms with Crippen LogP contribution in [0.2, 0.25) is 0 Å². The smallest absolute Gasteiger partial charge is 0.111 e. The highest BCUT2D eigenvalue weighted by Crippen LogP contribution is 2.41. The van der Waals surface area contributed by atoms with Crippen molar-refractivity contribution in [3.8, 4) is 0 Å². The van der Waals surface area contributed by atoms with E-state index < -0.39 is 0 Å². The van der Waals surface area contributed by atoms with E-state index in [-0.39, 0.29) is 0 Å². The lowest BCUT2D eigenvalue weighted by Crippen LogP contribution is -2.02. The first-order valence-corrected chi connectivity index (χ1v) is 9.44. The van der Waals surface area contributed by atoms with Gasteiger partial charge in [-0.25, -0.2) is 4.98 Å². The fourth-order valence-electron chi connectivity index (χ4n) is 3.80. The molecule has 4 aromatic rings. The summed E-state index contributed by atoms with van der Waals surface area (Å²) in [4.78, 5) is 6.29. The van der Waals surface area contributed by atoms with E-state index in [4.69, 9.17) is 4.98 Å². The van der Waals surface area contributed by atoms with Crippen molar-refractivity contribution in [2.45, 2.75) is 22.8 Å². The molecule has 0 bridgehead atoms. The molecule has 0 radical (unpaired) electrons. The van der Waals surface area contributed by atoms with Gasteiger partial charge in [0.2, 0.25) is 0 Å². The third kappa shape index (κ3) is 2.30. The number of aryl methyl sites for hydroxylation is 2. The number of rotatable bonds is 2. The van der Waals surface area contributed by atoms with E-state index in [0.29, 0.717) is 0 Å². The summed E-state index contributed by atoms with van der Waals surface area (Å²) in [5, 5.41) is 3.69. The van der Waals surface area contributed by atoms with Gasteiger partial charge in [-0.15, -0.1) is 0 Å². The molecule has 122 valence electrons. The van der Waals surface area contributed by atoms with E-state index >= 15 is 0 Å². The first-order valence-electron chi connectivity index (χ1n) is 8.62. The van der Waals surface area contributed by atoms with Crippen LogP contribution in [0.3, 0.4) is 0 Å². The van der Waals surface area contributed by atoms with Gasteiger partial charge in [0.1, 0.15) is 5.03 Å². The Hall–Kier alpha value is -2.52. The van der Waals surface area contributed by atoms with E-state index in [1.54, 1.807) is 11.8 Å². The molecular weight excluding hydrogens is 324 g/mol. The van der Waals surface area contributed by atoms with Gasteiger partial charge in [-0.05, 0) is 37.1 Å². The highest BCUT2D eigenvalue weighted by atomic mass is 32.2. The Balaban J connectivity index is 1.88. The van der Waals surface area contributed by atoms with Crippen molar-refractivity contribution in [1.29, 1.82) is 0 Å². The molecule has 2 aromatic heterocycles. The number of para-hydroxylation sites is 1. The molecule has 5 rings (SSSR count). The van der Waals surface area contributed by atoms with E-state index in [0.717, 1.165) is 23.6 Å². The molecule has 25 heavy (non-hydrogen) atoms. The number of nitrogens with zero attached hydrogens (tertiary/aromatic N) is 2. The maximum Gasteiger partial charge on any atom is 0.111 e. The number of fused-ring (bicyclic) bond motifs is 5. The molecule has 0 saturated heterocycles. The van der Waals surface area contributed by atoms with Crippen LogP contribution in [0.1, 0.15) is 17.7 Å². The van der Waals surface area contributed by atoms with E-state index in [1.807, 2.05) is 0 Å². The molecule has 0 saturated carbocycles. The second kappa shape index (κ2) is 5.78. The zero-order chi connectivity index (χ0) is 16.8. The lowest BCUT2D eigenvalue weighted by molar-refractivity contribution is 0.928. The lowest BCUT2D eigenvalue weighted by Gasteiger charge is -2.15. The van der Waals surface area contributed by atoms with Crippen molar-refractivity contribution >= 4 is 39.6 Å². The SMILES string of the molecule is Cn1c2ccccc2c2c(Sc3ccccc3)nc3c(c21)CCC=C3. The predicted molar refractivity (Wildman–Crippen MR) is 106 cm³/mol. The maximum atomic E-state index is 5.06. The molecule has 2 aromatic carbocycles. The average molecular weight is 342 g/mol. The van der Waals surface area contributed by atoms with Gasteiger partial charge < -0.3 is 4.57 Å². The van der Waals surface area contributed by atoms with Crippen LogP contribution in [0, 0.1) is 0 Å². The summed E-state index contributed by atoms with van der Waals surface area (Å²) < 4.78 is 2.35. The number of benzene rings is 2. The van der Waals surface area contributed by atoms with Crippen molar-refractivity contribution in [2.24, 2.45) is 7.05 Å². The van der Waals surface area contributed by atoms with Crippen LogP contribution in [-0.2, 0) is 13.5 Å². The Morgan fingerprint density at radius 1 is 1.00 bits per heavy atom. The third-order valence-electron chi connectivity index (χ3n) is 4.93. The van der Waals surface area contributed by atoms with Crippen molar-refractivity contribution in [1.82, 2.24) is 9.55 Å². The summed E-state index contributed by atoms with van der Waals surface area (Å²) >= 11 is 1.76. The van der Waals surface area contributed by atoms with E-state index in [9.17, 15) is 0 Å². The second-order valence-electron chi connectivity index (χ2n) is 6.44. The van der Waals surface area contributed by atoms with Gasteiger partial charge >= 0.3 is 0 Å². The molecule has 0 N–H and O–H groups in total.